The average molecular weight is 302 g/mol. The van der Waals surface area contributed by atoms with Crippen molar-refractivity contribution in [2.24, 2.45) is 0 Å². The second-order valence-electron chi connectivity index (χ2n) is 3.66. The minimum Gasteiger partial charge on any atom is -0.166 e. The minimum absolute atomic E-state index is 0.0275. The van der Waals surface area contributed by atoms with E-state index in [1.54, 1.807) is 19.9 Å². The Morgan fingerprint density at radius 2 is 1.73 bits per heavy atom. The fraction of sp³-hybridized carbons (Fsp3) is 0.400. The van der Waals surface area contributed by atoms with Crippen molar-refractivity contribution in [3.63, 3.8) is 0 Å². The van der Waals surface area contributed by atoms with Gasteiger partial charge in [-0.1, -0.05) is 22.0 Å². The Morgan fingerprint density at radius 3 is 2.13 bits per heavy atom. The Bertz CT molecular complexity index is 366. The third kappa shape index (κ3) is 3.11. The number of hydrogen-bond donors (Lipinski definition) is 0. The second-order valence-corrected chi connectivity index (χ2v) is 5.46. The van der Waals surface area contributed by atoms with Gasteiger partial charge in [-0.15, -0.1) is 11.6 Å². The highest BCUT2D eigenvalue weighted by molar-refractivity contribution is 9.10. The molecular weight excluding hydrogens is 292 g/mol. The molecule has 0 amide bonds. The maximum atomic E-state index is 12.5. The maximum Gasteiger partial charge on any atom is 0.417 e. The second kappa shape index (κ2) is 3.98. The molecule has 0 spiro atoms. The van der Waals surface area contributed by atoms with Gasteiger partial charge in [0.15, 0.2) is 0 Å². The van der Waals surface area contributed by atoms with Crippen molar-refractivity contribution in [3.8, 4) is 0 Å². The Balaban J connectivity index is 3.30. The zero-order chi connectivity index (χ0) is 11.9. The number of alkyl halides is 4. The fourth-order valence-corrected chi connectivity index (χ4v) is 1.70. The van der Waals surface area contributed by atoms with Crippen molar-refractivity contribution in [2.75, 3.05) is 0 Å². The van der Waals surface area contributed by atoms with Gasteiger partial charge in [0.25, 0.3) is 0 Å². The van der Waals surface area contributed by atoms with E-state index in [1.807, 2.05) is 0 Å². The fourth-order valence-electron chi connectivity index (χ4n) is 1.11. The molecule has 0 aliphatic carbocycles. The highest BCUT2D eigenvalue weighted by Crippen LogP contribution is 2.38. The van der Waals surface area contributed by atoms with Crippen LogP contribution in [0.5, 0.6) is 0 Å². The molecule has 0 heterocycles. The molecule has 0 nitrogen and oxygen atoms in total. The summed E-state index contributed by atoms with van der Waals surface area (Å²) in [5.74, 6) is 0. The molecule has 1 aromatic carbocycles. The summed E-state index contributed by atoms with van der Waals surface area (Å²) in [6, 6.07) is 4.01. The van der Waals surface area contributed by atoms with E-state index in [4.69, 9.17) is 11.6 Å². The van der Waals surface area contributed by atoms with E-state index in [-0.39, 0.29) is 4.47 Å². The minimum atomic E-state index is -4.36. The van der Waals surface area contributed by atoms with Crippen LogP contribution in [0.1, 0.15) is 25.0 Å². The summed E-state index contributed by atoms with van der Waals surface area (Å²) in [7, 11) is 0. The van der Waals surface area contributed by atoms with Gasteiger partial charge in [0.2, 0.25) is 0 Å². The van der Waals surface area contributed by atoms with Crippen LogP contribution in [-0.4, -0.2) is 0 Å². The molecule has 0 aliphatic rings. The van der Waals surface area contributed by atoms with Crippen LogP contribution in [-0.2, 0) is 11.1 Å². The molecule has 0 aromatic heterocycles. The third-order valence-electron chi connectivity index (χ3n) is 1.96. The zero-order valence-electron chi connectivity index (χ0n) is 8.12. The summed E-state index contributed by atoms with van der Waals surface area (Å²) in [5, 5.41) is 0. The number of rotatable bonds is 1. The van der Waals surface area contributed by atoms with Crippen LogP contribution in [0.3, 0.4) is 0 Å². The lowest BCUT2D eigenvalue weighted by atomic mass is 10.00. The lowest BCUT2D eigenvalue weighted by Crippen LogP contribution is -2.12. The molecule has 0 fully saturated rings. The van der Waals surface area contributed by atoms with Gasteiger partial charge in [0.1, 0.15) is 0 Å². The Hall–Kier alpha value is -0.220. The Morgan fingerprint density at radius 1 is 1.20 bits per heavy atom. The first-order valence-electron chi connectivity index (χ1n) is 4.18. The van der Waals surface area contributed by atoms with Crippen LogP contribution in [0, 0.1) is 0 Å². The number of benzene rings is 1. The highest BCUT2D eigenvalue weighted by atomic mass is 79.9. The summed E-state index contributed by atoms with van der Waals surface area (Å²) >= 11 is 8.82. The monoisotopic (exact) mass is 300 g/mol. The molecule has 0 atom stereocenters. The molecule has 0 saturated heterocycles. The molecule has 0 bridgehead atoms. The molecule has 1 aromatic rings. The number of halogens is 5. The van der Waals surface area contributed by atoms with Crippen molar-refractivity contribution in [2.45, 2.75) is 24.9 Å². The normalized spacial score (nSPS) is 13.0. The van der Waals surface area contributed by atoms with Crippen molar-refractivity contribution >= 4 is 27.5 Å². The van der Waals surface area contributed by atoms with Crippen molar-refractivity contribution < 1.29 is 13.2 Å². The molecule has 0 radical (unpaired) electrons. The molecule has 0 saturated carbocycles. The quantitative estimate of drug-likeness (QED) is 0.644. The predicted molar refractivity (Wildman–Crippen MR) is 58.0 cm³/mol. The van der Waals surface area contributed by atoms with E-state index in [9.17, 15) is 13.2 Å². The summed E-state index contributed by atoms with van der Waals surface area (Å²) in [5.41, 5.74) is -0.256. The standard InChI is InChI=1S/C10H9BrClF3/c1-9(2,12)6-3-4-8(11)7(5-6)10(13,14)15/h3-5H,1-2H3. The van der Waals surface area contributed by atoms with Crippen LogP contribution in [0.4, 0.5) is 13.2 Å². The summed E-state index contributed by atoms with van der Waals surface area (Å²) in [4.78, 5) is -0.805. The van der Waals surface area contributed by atoms with E-state index in [0.717, 1.165) is 6.07 Å². The smallest absolute Gasteiger partial charge is 0.166 e. The molecule has 1 rings (SSSR count). The summed E-state index contributed by atoms with van der Waals surface area (Å²) < 4.78 is 37.7. The van der Waals surface area contributed by atoms with E-state index < -0.39 is 16.6 Å². The molecule has 0 N–H and O–H groups in total. The van der Waals surface area contributed by atoms with E-state index >= 15 is 0 Å². The summed E-state index contributed by atoms with van der Waals surface area (Å²) in [6.07, 6.45) is -4.36. The molecule has 0 unspecified atom stereocenters. The molecule has 15 heavy (non-hydrogen) atoms. The van der Waals surface area contributed by atoms with Gasteiger partial charge >= 0.3 is 6.18 Å². The lowest BCUT2D eigenvalue weighted by molar-refractivity contribution is -0.138. The first-order valence-corrected chi connectivity index (χ1v) is 5.35. The van der Waals surface area contributed by atoms with Gasteiger partial charge < -0.3 is 0 Å². The van der Waals surface area contributed by atoms with Gasteiger partial charge in [-0.25, -0.2) is 0 Å². The van der Waals surface area contributed by atoms with Crippen LogP contribution in [0.25, 0.3) is 0 Å². The van der Waals surface area contributed by atoms with Gasteiger partial charge in [0.05, 0.1) is 10.4 Å². The molecule has 0 aliphatic heterocycles. The van der Waals surface area contributed by atoms with E-state index in [1.165, 1.54) is 6.07 Å². The maximum absolute atomic E-state index is 12.5. The predicted octanol–water partition coefficient (Wildman–Crippen LogP) is 4.94. The van der Waals surface area contributed by atoms with Gasteiger partial charge in [-0.2, -0.15) is 13.2 Å². The SMILES string of the molecule is CC(C)(Cl)c1ccc(Br)c(C(F)(F)F)c1. The highest BCUT2D eigenvalue weighted by Gasteiger charge is 2.34. The third-order valence-corrected chi connectivity index (χ3v) is 2.87. The van der Waals surface area contributed by atoms with Crippen LogP contribution in [0.15, 0.2) is 22.7 Å². The van der Waals surface area contributed by atoms with Crippen LogP contribution >= 0.6 is 27.5 Å². The van der Waals surface area contributed by atoms with Crippen molar-refractivity contribution in [3.05, 3.63) is 33.8 Å². The van der Waals surface area contributed by atoms with Gasteiger partial charge in [-0.3, -0.25) is 0 Å². The number of hydrogen-bond acceptors (Lipinski definition) is 0. The largest absolute Gasteiger partial charge is 0.417 e. The van der Waals surface area contributed by atoms with Crippen molar-refractivity contribution in [1.82, 2.24) is 0 Å². The Labute approximate surface area is 99.6 Å². The molecular formula is C10H9BrClF3. The van der Waals surface area contributed by atoms with Crippen molar-refractivity contribution in [1.29, 1.82) is 0 Å². The van der Waals surface area contributed by atoms with Gasteiger partial charge in [0, 0.05) is 4.47 Å². The molecule has 84 valence electrons. The first kappa shape index (κ1) is 12.8. The lowest BCUT2D eigenvalue weighted by Gasteiger charge is -2.19. The Kier molecular flexibility index (Phi) is 3.41. The van der Waals surface area contributed by atoms with Crippen LogP contribution < -0.4 is 0 Å². The molecule has 5 heteroatoms. The zero-order valence-corrected chi connectivity index (χ0v) is 10.5. The first-order chi connectivity index (χ1) is 6.62. The van der Waals surface area contributed by atoms with E-state index in [0.29, 0.717) is 5.56 Å². The topological polar surface area (TPSA) is 0 Å². The van der Waals surface area contributed by atoms with E-state index in [2.05, 4.69) is 15.9 Å². The van der Waals surface area contributed by atoms with Gasteiger partial charge in [-0.05, 0) is 31.5 Å². The summed E-state index contributed by atoms with van der Waals surface area (Å²) in [6.45, 7) is 3.30. The van der Waals surface area contributed by atoms with Crippen LogP contribution in [0.2, 0.25) is 0 Å². The average Bonchev–Trinajstić information content (AvgIpc) is 2.00.